The van der Waals surface area contributed by atoms with Gasteiger partial charge in [-0.1, -0.05) is 35.4 Å². The molecule has 0 amide bonds. The quantitative estimate of drug-likeness (QED) is 0.837. The van der Waals surface area contributed by atoms with Crippen LogP contribution in [0.4, 0.5) is 0 Å². The molecule has 5 heteroatoms. The fraction of sp³-hybridized carbons (Fsp3) is 0.333. The highest BCUT2D eigenvalue weighted by Gasteiger charge is 2.11. The maximum absolute atomic E-state index is 5.21. The fourth-order valence-electron chi connectivity index (χ4n) is 1.68. The van der Waals surface area contributed by atoms with Crippen LogP contribution in [0.5, 0.6) is 6.01 Å². The van der Waals surface area contributed by atoms with E-state index in [1.165, 1.54) is 5.56 Å². The minimum Gasteiger partial charge on any atom is -0.467 e. The van der Waals surface area contributed by atoms with E-state index in [0.29, 0.717) is 19.1 Å². The van der Waals surface area contributed by atoms with Gasteiger partial charge >= 0.3 is 6.01 Å². The van der Waals surface area contributed by atoms with E-state index in [2.05, 4.69) is 27.6 Å². The molecule has 1 N–H and O–H groups in total. The van der Waals surface area contributed by atoms with E-state index in [4.69, 9.17) is 4.74 Å². The van der Waals surface area contributed by atoms with Gasteiger partial charge in [0.2, 0.25) is 0 Å². The molecule has 0 saturated heterocycles. The van der Waals surface area contributed by atoms with E-state index in [1.54, 1.807) is 7.11 Å². The Morgan fingerprint density at radius 3 is 2.65 bits per heavy atom. The summed E-state index contributed by atoms with van der Waals surface area (Å²) < 4.78 is 7.17. The molecule has 0 aliphatic carbocycles. The number of methoxy groups -OCH3 is 1. The Kier molecular flexibility index (Phi) is 3.72. The minimum absolute atomic E-state index is 0.541. The number of nitrogens with zero attached hydrogens (tertiary/aromatic N) is 3. The Hall–Kier alpha value is -1.88. The third kappa shape index (κ3) is 2.62. The second-order valence-electron chi connectivity index (χ2n) is 3.70. The zero-order chi connectivity index (χ0) is 12.1. The van der Waals surface area contributed by atoms with Gasteiger partial charge in [0.25, 0.3) is 0 Å². The first-order chi connectivity index (χ1) is 8.35. The van der Waals surface area contributed by atoms with Crippen LogP contribution in [0.25, 0.3) is 0 Å². The summed E-state index contributed by atoms with van der Waals surface area (Å²) in [6.45, 7) is 1.39. The van der Waals surface area contributed by atoms with Crippen LogP contribution in [0.2, 0.25) is 0 Å². The lowest BCUT2D eigenvalue weighted by Gasteiger charge is -2.08. The highest BCUT2D eigenvalue weighted by Crippen LogP contribution is 2.13. The number of benzene rings is 1. The molecule has 0 aliphatic heterocycles. The Balaban J connectivity index is 2.26. The normalized spacial score (nSPS) is 10.5. The van der Waals surface area contributed by atoms with Gasteiger partial charge in [0, 0.05) is 0 Å². The Bertz CT molecular complexity index is 467. The van der Waals surface area contributed by atoms with E-state index in [9.17, 15) is 0 Å². The van der Waals surface area contributed by atoms with Gasteiger partial charge in [-0.15, -0.1) is 5.10 Å². The predicted molar refractivity (Wildman–Crippen MR) is 64.9 cm³/mol. The van der Waals surface area contributed by atoms with Crippen LogP contribution >= 0.6 is 0 Å². The standard InChI is InChI=1S/C12H16N4O/c1-13-8-11-14-15-12(17-2)16(11)9-10-6-4-3-5-7-10/h3-7,13H,8-9H2,1-2H3. The highest BCUT2D eigenvalue weighted by atomic mass is 16.5. The lowest BCUT2D eigenvalue weighted by atomic mass is 10.2. The SMILES string of the molecule is CNCc1nnc(OC)n1Cc1ccccc1. The van der Waals surface area contributed by atoms with Crippen LogP contribution in [-0.2, 0) is 13.1 Å². The summed E-state index contributed by atoms with van der Waals surface area (Å²) in [5.41, 5.74) is 1.20. The molecule has 0 saturated carbocycles. The van der Waals surface area contributed by atoms with Gasteiger partial charge < -0.3 is 10.1 Å². The molecule has 90 valence electrons. The van der Waals surface area contributed by atoms with E-state index in [-0.39, 0.29) is 0 Å². The molecule has 0 bridgehead atoms. The van der Waals surface area contributed by atoms with E-state index >= 15 is 0 Å². The summed E-state index contributed by atoms with van der Waals surface area (Å²) in [6.07, 6.45) is 0. The van der Waals surface area contributed by atoms with Gasteiger partial charge in [0.15, 0.2) is 0 Å². The molecule has 2 rings (SSSR count). The molecule has 0 atom stereocenters. The largest absolute Gasteiger partial charge is 0.467 e. The molecular formula is C12H16N4O. The third-order valence-corrected chi connectivity index (χ3v) is 2.49. The molecule has 1 heterocycles. The minimum atomic E-state index is 0.541. The lowest BCUT2D eigenvalue weighted by Crippen LogP contribution is -2.13. The average Bonchev–Trinajstić information content (AvgIpc) is 2.74. The summed E-state index contributed by atoms with van der Waals surface area (Å²) in [5, 5.41) is 11.2. The van der Waals surface area contributed by atoms with Crippen LogP contribution in [0, 0.1) is 0 Å². The van der Waals surface area contributed by atoms with Gasteiger partial charge in [-0.25, -0.2) is 0 Å². The zero-order valence-corrected chi connectivity index (χ0v) is 10.1. The summed E-state index contributed by atoms with van der Waals surface area (Å²) >= 11 is 0. The molecule has 0 aliphatic rings. The number of ether oxygens (including phenoxy) is 1. The van der Waals surface area contributed by atoms with E-state index in [0.717, 1.165) is 5.82 Å². The van der Waals surface area contributed by atoms with Gasteiger partial charge in [0.05, 0.1) is 20.2 Å². The monoisotopic (exact) mass is 232 g/mol. The van der Waals surface area contributed by atoms with Gasteiger partial charge in [-0.2, -0.15) is 0 Å². The summed E-state index contributed by atoms with van der Waals surface area (Å²) in [4.78, 5) is 0. The van der Waals surface area contributed by atoms with Crippen molar-refractivity contribution in [1.29, 1.82) is 0 Å². The molecule has 0 unspecified atom stereocenters. The van der Waals surface area contributed by atoms with Crippen LogP contribution in [0.3, 0.4) is 0 Å². The lowest BCUT2D eigenvalue weighted by molar-refractivity contribution is 0.358. The molecular weight excluding hydrogens is 216 g/mol. The molecule has 0 fully saturated rings. The van der Waals surface area contributed by atoms with Crippen molar-refractivity contribution in [2.24, 2.45) is 0 Å². The van der Waals surface area contributed by atoms with Crippen molar-refractivity contribution >= 4 is 0 Å². The van der Waals surface area contributed by atoms with Crippen molar-refractivity contribution in [2.45, 2.75) is 13.1 Å². The van der Waals surface area contributed by atoms with Crippen LogP contribution < -0.4 is 10.1 Å². The maximum atomic E-state index is 5.21. The second kappa shape index (κ2) is 5.45. The number of hydrogen-bond donors (Lipinski definition) is 1. The molecule has 0 radical (unpaired) electrons. The molecule has 2 aromatic rings. The molecule has 1 aromatic heterocycles. The van der Waals surface area contributed by atoms with Gasteiger partial charge in [0.1, 0.15) is 5.82 Å². The van der Waals surface area contributed by atoms with Gasteiger partial charge in [-0.3, -0.25) is 4.57 Å². The summed E-state index contributed by atoms with van der Waals surface area (Å²) in [6, 6.07) is 10.7. The van der Waals surface area contributed by atoms with Crippen molar-refractivity contribution < 1.29 is 4.74 Å². The second-order valence-corrected chi connectivity index (χ2v) is 3.70. The first-order valence-electron chi connectivity index (χ1n) is 5.49. The first kappa shape index (κ1) is 11.6. The summed E-state index contributed by atoms with van der Waals surface area (Å²) in [5.74, 6) is 0.869. The average molecular weight is 232 g/mol. The molecule has 1 aromatic carbocycles. The smallest absolute Gasteiger partial charge is 0.317 e. The maximum Gasteiger partial charge on any atom is 0.317 e. The Labute approximate surface area is 100 Å². The molecule has 5 nitrogen and oxygen atoms in total. The van der Waals surface area contributed by atoms with Crippen LogP contribution in [0.15, 0.2) is 30.3 Å². The molecule has 0 spiro atoms. The van der Waals surface area contributed by atoms with Crippen molar-refractivity contribution in [3.05, 3.63) is 41.7 Å². The van der Waals surface area contributed by atoms with Crippen molar-refractivity contribution in [1.82, 2.24) is 20.1 Å². The Morgan fingerprint density at radius 1 is 1.24 bits per heavy atom. The number of nitrogens with one attached hydrogen (secondary N) is 1. The fourth-order valence-corrected chi connectivity index (χ4v) is 1.68. The third-order valence-electron chi connectivity index (χ3n) is 2.49. The first-order valence-corrected chi connectivity index (χ1v) is 5.49. The summed E-state index contributed by atoms with van der Waals surface area (Å²) in [7, 11) is 3.49. The van der Waals surface area contributed by atoms with Crippen molar-refractivity contribution in [3.8, 4) is 6.01 Å². The van der Waals surface area contributed by atoms with Crippen LogP contribution in [-0.4, -0.2) is 28.9 Å². The number of hydrogen-bond acceptors (Lipinski definition) is 4. The van der Waals surface area contributed by atoms with Crippen molar-refractivity contribution in [2.75, 3.05) is 14.2 Å². The number of rotatable bonds is 5. The highest BCUT2D eigenvalue weighted by molar-refractivity contribution is 5.17. The topological polar surface area (TPSA) is 52.0 Å². The van der Waals surface area contributed by atoms with Crippen LogP contribution in [0.1, 0.15) is 11.4 Å². The zero-order valence-electron chi connectivity index (χ0n) is 10.1. The number of aromatic nitrogens is 3. The van der Waals surface area contributed by atoms with Gasteiger partial charge in [-0.05, 0) is 12.6 Å². The van der Waals surface area contributed by atoms with E-state index < -0.39 is 0 Å². The van der Waals surface area contributed by atoms with E-state index in [1.807, 2.05) is 29.8 Å². The Morgan fingerprint density at radius 2 is 2.00 bits per heavy atom. The molecule has 17 heavy (non-hydrogen) atoms. The van der Waals surface area contributed by atoms with Crippen molar-refractivity contribution in [3.63, 3.8) is 0 Å². The predicted octanol–water partition coefficient (Wildman–Crippen LogP) is 1.05.